The van der Waals surface area contributed by atoms with Crippen molar-refractivity contribution in [3.8, 4) is 17.2 Å². The second-order valence-electron chi connectivity index (χ2n) is 7.59. The molecule has 0 saturated heterocycles. The molecule has 32 heavy (non-hydrogen) atoms. The van der Waals surface area contributed by atoms with Crippen LogP contribution in [0.5, 0.6) is 17.2 Å². The minimum Gasteiger partial charge on any atom is -0.386 e. The summed E-state index contributed by atoms with van der Waals surface area (Å²) in [6.07, 6.45) is 3.92. The first-order valence-electron chi connectivity index (χ1n) is 10.8. The van der Waals surface area contributed by atoms with Crippen molar-refractivity contribution >= 4 is 20.5 Å². The van der Waals surface area contributed by atoms with E-state index in [0.717, 1.165) is 22.4 Å². The minimum atomic E-state index is -3.93. The van der Waals surface area contributed by atoms with E-state index in [9.17, 15) is 4.57 Å². The molecule has 0 aromatic heterocycles. The molecule has 0 aliphatic carbocycles. The number of hydrogen-bond donors (Lipinski definition) is 1. The van der Waals surface area contributed by atoms with Gasteiger partial charge in [0.05, 0.1) is 0 Å². The molecule has 0 unspecified atom stereocenters. The topological polar surface area (TPSA) is 44.8 Å². The first-order chi connectivity index (χ1) is 15.3. The quantitative estimate of drug-likeness (QED) is 0.193. The predicted molar refractivity (Wildman–Crippen MR) is 136 cm³/mol. The van der Waals surface area contributed by atoms with Crippen LogP contribution in [0, 0.1) is 20.8 Å². The van der Waals surface area contributed by atoms with Gasteiger partial charge in [-0.3, -0.25) is 0 Å². The summed E-state index contributed by atoms with van der Waals surface area (Å²) < 4.78 is 30.2. The average Bonchev–Trinajstić information content (AvgIpc) is 2.77. The zero-order valence-corrected chi connectivity index (χ0v) is 21.1. The highest BCUT2D eigenvalue weighted by atomic mass is 32.1. The number of phosphoric ester groups is 1. The predicted octanol–water partition coefficient (Wildman–Crippen LogP) is 8.36. The van der Waals surface area contributed by atoms with Gasteiger partial charge in [0.25, 0.3) is 0 Å². The van der Waals surface area contributed by atoms with E-state index in [2.05, 4.69) is 19.6 Å². The van der Waals surface area contributed by atoms with Crippen molar-refractivity contribution in [1.82, 2.24) is 0 Å². The summed E-state index contributed by atoms with van der Waals surface area (Å²) in [7, 11) is -3.93. The van der Waals surface area contributed by atoms with Gasteiger partial charge in [0.15, 0.2) is 0 Å². The third kappa shape index (κ3) is 9.42. The molecule has 0 fully saturated rings. The maximum Gasteiger partial charge on any atom is 0.647 e. The van der Waals surface area contributed by atoms with Crippen LogP contribution in [0.1, 0.15) is 42.9 Å². The lowest BCUT2D eigenvalue weighted by Gasteiger charge is -2.19. The molecule has 6 heteroatoms. The number of aryl methyl sites for hydroxylation is 3. The standard InChI is InChI=1S/C21H21O4P.C5H12S/c1-16-4-10-19(11-5-16)23-26(22,24-20-12-6-17(2)7-13-20)25-21-14-8-18(3)9-15-21;1-2-3-4-5-6/h4-15H,1-3H3;6H,2-5H2,1H3. The molecule has 0 spiro atoms. The Hall–Kier alpha value is -2.36. The Bertz CT molecular complexity index is 844. The van der Waals surface area contributed by atoms with E-state index in [1.54, 1.807) is 36.4 Å². The molecule has 0 N–H and O–H groups in total. The molecular weight excluding hydrogens is 439 g/mol. The number of rotatable bonds is 9. The van der Waals surface area contributed by atoms with E-state index >= 15 is 0 Å². The molecule has 3 aromatic carbocycles. The summed E-state index contributed by atoms with van der Waals surface area (Å²) in [5, 5.41) is 0. The van der Waals surface area contributed by atoms with Gasteiger partial charge in [-0.2, -0.15) is 17.2 Å². The Labute approximate surface area is 198 Å². The van der Waals surface area contributed by atoms with E-state index < -0.39 is 7.82 Å². The Balaban J connectivity index is 0.000000534. The highest BCUT2D eigenvalue weighted by Gasteiger charge is 2.33. The van der Waals surface area contributed by atoms with E-state index in [4.69, 9.17) is 13.6 Å². The van der Waals surface area contributed by atoms with Crippen LogP contribution in [-0.2, 0) is 4.57 Å². The SMILES string of the molecule is CCCCCS.Cc1ccc(OP(=O)(Oc2ccc(C)cc2)Oc2ccc(C)cc2)cc1. The van der Waals surface area contributed by atoms with Gasteiger partial charge in [0, 0.05) is 0 Å². The molecule has 0 aliphatic heterocycles. The van der Waals surface area contributed by atoms with Crippen molar-refractivity contribution < 1.29 is 18.1 Å². The maximum absolute atomic E-state index is 13.3. The van der Waals surface area contributed by atoms with E-state index in [1.807, 2.05) is 57.2 Å². The zero-order valence-electron chi connectivity index (χ0n) is 19.3. The first-order valence-corrected chi connectivity index (χ1v) is 12.9. The van der Waals surface area contributed by atoms with Crippen LogP contribution in [0.3, 0.4) is 0 Å². The molecule has 0 saturated carbocycles. The van der Waals surface area contributed by atoms with Gasteiger partial charge in [-0.25, -0.2) is 0 Å². The van der Waals surface area contributed by atoms with Gasteiger partial charge in [-0.05, 0) is 69.3 Å². The maximum atomic E-state index is 13.3. The van der Waals surface area contributed by atoms with E-state index in [-0.39, 0.29) is 0 Å². The van der Waals surface area contributed by atoms with Crippen molar-refractivity contribution in [2.75, 3.05) is 5.75 Å². The number of unbranched alkanes of at least 4 members (excludes halogenated alkanes) is 2. The van der Waals surface area contributed by atoms with Crippen molar-refractivity contribution in [3.63, 3.8) is 0 Å². The minimum absolute atomic E-state index is 0.415. The van der Waals surface area contributed by atoms with Crippen LogP contribution < -0.4 is 13.6 Å². The van der Waals surface area contributed by atoms with Gasteiger partial charge in [0.2, 0.25) is 0 Å². The van der Waals surface area contributed by atoms with Crippen LogP contribution in [0.4, 0.5) is 0 Å². The summed E-state index contributed by atoms with van der Waals surface area (Å²) in [5.41, 5.74) is 3.23. The lowest BCUT2D eigenvalue weighted by molar-refractivity contribution is 0.298. The number of benzene rings is 3. The highest BCUT2D eigenvalue weighted by molar-refractivity contribution is 7.80. The molecule has 3 rings (SSSR count). The zero-order chi connectivity index (χ0) is 23.4. The smallest absolute Gasteiger partial charge is 0.386 e. The van der Waals surface area contributed by atoms with Gasteiger partial charge in [-0.1, -0.05) is 72.9 Å². The fraction of sp³-hybridized carbons (Fsp3) is 0.308. The lowest BCUT2D eigenvalue weighted by Crippen LogP contribution is -2.07. The van der Waals surface area contributed by atoms with Crippen LogP contribution in [0.15, 0.2) is 72.8 Å². The fourth-order valence-corrected chi connectivity index (χ4v) is 4.08. The monoisotopic (exact) mass is 472 g/mol. The van der Waals surface area contributed by atoms with Gasteiger partial charge >= 0.3 is 7.82 Å². The fourth-order valence-electron chi connectivity index (χ4n) is 2.60. The van der Waals surface area contributed by atoms with E-state index in [1.165, 1.54) is 19.3 Å². The Morgan fingerprint density at radius 2 is 0.938 bits per heavy atom. The Morgan fingerprint density at radius 3 is 1.16 bits per heavy atom. The molecule has 0 amide bonds. The highest BCUT2D eigenvalue weighted by Crippen LogP contribution is 2.49. The summed E-state index contributed by atoms with van der Waals surface area (Å²) >= 11 is 4.05. The Morgan fingerprint density at radius 1 is 0.625 bits per heavy atom. The van der Waals surface area contributed by atoms with Gasteiger partial charge in [0.1, 0.15) is 17.2 Å². The molecule has 4 nitrogen and oxygen atoms in total. The van der Waals surface area contributed by atoms with Crippen molar-refractivity contribution in [3.05, 3.63) is 89.5 Å². The number of phosphoric acid groups is 1. The second kappa shape index (κ2) is 13.2. The van der Waals surface area contributed by atoms with Gasteiger partial charge < -0.3 is 13.6 Å². The summed E-state index contributed by atoms with van der Waals surface area (Å²) in [6.45, 7) is 8.10. The molecule has 0 heterocycles. The van der Waals surface area contributed by atoms with Gasteiger partial charge in [-0.15, -0.1) is 0 Å². The third-order valence-corrected chi connectivity index (χ3v) is 6.10. The number of hydrogen-bond acceptors (Lipinski definition) is 5. The average molecular weight is 473 g/mol. The van der Waals surface area contributed by atoms with Crippen LogP contribution in [0.2, 0.25) is 0 Å². The largest absolute Gasteiger partial charge is 0.647 e. The summed E-state index contributed by atoms with van der Waals surface area (Å²) in [4.78, 5) is 0. The Kier molecular flexibility index (Phi) is 10.7. The molecule has 0 aliphatic rings. The van der Waals surface area contributed by atoms with Crippen molar-refractivity contribution in [2.24, 2.45) is 0 Å². The van der Waals surface area contributed by atoms with Crippen molar-refractivity contribution in [1.29, 1.82) is 0 Å². The van der Waals surface area contributed by atoms with Crippen LogP contribution >= 0.6 is 20.5 Å². The molecule has 0 bridgehead atoms. The lowest BCUT2D eigenvalue weighted by atomic mass is 10.2. The van der Waals surface area contributed by atoms with Crippen molar-refractivity contribution in [2.45, 2.75) is 47.0 Å². The molecular formula is C26H33O4PS. The normalized spacial score (nSPS) is 10.7. The molecule has 0 radical (unpaired) electrons. The number of thiol groups is 1. The first kappa shape index (κ1) is 25.9. The van der Waals surface area contributed by atoms with Crippen LogP contribution in [0.25, 0.3) is 0 Å². The second-order valence-corrected chi connectivity index (χ2v) is 9.48. The summed E-state index contributed by atoms with van der Waals surface area (Å²) in [6, 6.07) is 21.6. The third-order valence-electron chi connectivity index (χ3n) is 4.48. The summed E-state index contributed by atoms with van der Waals surface area (Å²) in [5.74, 6) is 2.29. The van der Waals surface area contributed by atoms with E-state index in [0.29, 0.717) is 17.2 Å². The van der Waals surface area contributed by atoms with Crippen LogP contribution in [-0.4, -0.2) is 5.75 Å². The molecule has 172 valence electrons. The molecule has 3 aromatic rings. The molecule has 0 atom stereocenters.